The summed E-state index contributed by atoms with van der Waals surface area (Å²) in [6, 6.07) is 4.00. The van der Waals surface area contributed by atoms with Crippen LogP contribution in [0.2, 0.25) is 0 Å². The number of carboxylic acids is 1. The zero-order chi connectivity index (χ0) is 15.9. The molecule has 0 unspecified atom stereocenters. The van der Waals surface area contributed by atoms with Gasteiger partial charge in [0.05, 0.1) is 11.1 Å². The molecule has 1 N–H and O–H groups in total. The van der Waals surface area contributed by atoms with Crippen LogP contribution in [0.5, 0.6) is 0 Å². The van der Waals surface area contributed by atoms with Gasteiger partial charge < -0.3 is 9.67 Å². The van der Waals surface area contributed by atoms with E-state index in [9.17, 15) is 9.90 Å². The number of aryl methyl sites for hydroxylation is 1. The summed E-state index contributed by atoms with van der Waals surface area (Å²) in [7, 11) is 0. The fraction of sp³-hybridized carbons (Fsp3) is 0.500. The Kier molecular flexibility index (Phi) is 3.87. The maximum absolute atomic E-state index is 11.7. The van der Waals surface area contributed by atoms with Gasteiger partial charge in [0.15, 0.2) is 0 Å². The van der Waals surface area contributed by atoms with E-state index in [1.165, 1.54) is 5.56 Å². The van der Waals surface area contributed by atoms with E-state index in [-0.39, 0.29) is 5.41 Å². The number of aromatic carboxylic acids is 1. The van der Waals surface area contributed by atoms with Crippen LogP contribution in [0.15, 0.2) is 18.3 Å². The molecule has 3 heteroatoms. The van der Waals surface area contributed by atoms with E-state index in [1.54, 1.807) is 0 Å². The van der Waals surface area contributed by atoms with Crippen molar-refractivity contribution in [1.82, 2.24) is 4.57 Å². The summed E-state index contributed by atoms with van der Waals surface area (Å²) < 4.78 is 2.06. The number of hydrogen-bond donors (Lipinski definition) is 1. The molecule has 0 aliphatic rings. The van der Waals surface area contributed by atoms with Crippen molar-refractivity contribution in [1.29, 1.82) is 0 Å². The Morgan fingerprint density at radius 1 is 1.29 bits per heavy atom. The van der Waals surface area contributed by atoms with Crippen molar-refractivity contribution in [3.05, 3.63) is 35.0 Å². The zero-order valence-electron chi connectivity index (χ0n) is 13.8. The lowest BCUT2D eigenvalue weighted by Gasteiger charge is -2.20. The molecule has 21 heavy (non-hydrogen) atoms. The van der Waals surface area contributed by atoms with Gasteiger partial charge in [-0.1, -0.05) is 34.6 Å². The SMILES string of the molecule is CCn1cc(C(C)C)c2cc(C(C)(C)C)cc(C(=O)O)c21. The van der Waals surface area contributed by atoms with E-state index < -0.39 is 5.97 Å². The number of carboxylic acid groups (broad SMARTS) is 1. The second kappa shape index (κ2) is 5.21. The first-order chi connectivity index (χ1) is 9.66. The molecule has 0 atom stereocenters. The second-order valence-electron chi connectivity index (χ2n) is 7.00. The van der Waals surface area contributed by atoms with Crippen molar-refractivity contribution < 1.29 is 9.90 Å². The summed E-state index contributed by atoms with van der Waals surface area (Å²) in [4.78, 5) is 11.7. The van der Waals surface area contributed by atoms with Crippen molar-refractivity contribution >= 4 is 16.9 Å². The molecule has 3 nitrogen and oxygen atoms in total. The van der Waals surface area contributed by atoms with Gasteiger partial charge >= 0.3 is 5.97 Å². The summed E-state index contributed by atoms with van der Waals surface area (Å²) in [5.74, 6) is -0.480. The monoisotopic (exact) mass is 287 g/mol. The highest BCUT2D eigenvalue weighted by atomic mass is 16.4. The molecule has 2 rings (SSSR count). The Bertz CT molecular complexity index is 687. The van der Waals surface area contributed by atoms with Crippen molar-refractivity contribution in [2.24, 2.45) is 0 Å². The van der Waals surface area contributed by atoms with Gasteiger partial charge in [0.2, 0.25) is 0 Å². The van der Waals surface area contributed by atoms with E-state index in [4.69, 9.17) is 0 Å². The number of hydrogen-bond acceptors (Lipinski definition) is 1. The predicted octanol–water partition coefficient (Wildman–Crippen LogP) is 4.78. The molecular weight excluding hydrogens is 262 g/mol. The van der Waals surface area contributed by atoms with Crippen LogP contribution >= 0.6 is 0 Å². The number of benzene rings is 1. The highest BCUT2D eigenvalue weighted by Gasteiger charge is 2.23. The van der Waals surface area contributed by atoms with Crippen molar-refractivity contribution in [2.75, 3.05) is 0 Å². The molecule has 0 saturated carbocycles. The summed E-state index contributed by atoms with van der Waals surface area (Å²) in [6.07, 6.45) is 2.11. The highest BCUT2D eigenvalue weighted by molar-refractivity contribution is 6.04. The standard InChI is InChI=1S/C18H25NO2/c1-7-19-10-15(11(2)3)13-8-12(18(4,5)6)9-14(16(13)19)17(20)21/h8-11H,7H2,1-6H3,(H,20,21). The number of carbonyl (C=O) groups is 1. The third-order valence-electron chi connectivity index (χ3n) is 4.06. The topological polar surface area (TPSA) is 42.2 Å². The van der Waals surface area contributed by atoms with Crippen LogP contribution in [-0.4, -0.2) is 15.6 Å². The lowest BCUT2D eigenvalue weighted by molar-refractivity contribution is 0.0698. The lowest BCUT2D eigenvalue weighted by atomic mass is 9.84. The molecule has 0 radical (unpaired) electrons. The molecule has 0 spiro atoms. The molecular formula is C18H25NO2. The van der Waals surface area contributed by atoms with Gasteiger partial charge in [0.25, 0.3) is 0 Å². The molecule has 0 aliphatic carbocycles. The second-order valence-corrected chi connectivity index (χ2v) is 7.00. The molecule has 1 heterocycles. The first-order valence-corrected chi connectivity index (χ1v) is 7.57. The average Bonchev–Trinajstić information content (AvgIpc) is 2.75. The van der Waals surface area contributed by atoms with E-state index in [2.05, 4.69) is 51.4 Å². The quantitative estimate of drug-likeness (QED) is 0.882. The minimum absolute atomic E-state index is 0.0685. The normalized spacial score (nSPS) is 12.3. The number of nitrogens with zero attached hydrogens (tertiary/aromatic N) is 1. The van der Waals surface area contributed by atoms with Crippen LogP contribution in [0, 0.1) is 0 Å². The summed E-state index contributed by atoms with van der Waals surface area (Å²) in [6.45, 7) is 13.5. The number of fused-ring (bicyclic) bond motifs is 1. The third-order valence-corrected chi connectivity index (χ3v) is 4.06. The van der Waals surface area contributed by atoms with Gasteiger partial charge in [-0.3, -0.25) is 0 Å². The summed E-state index contributed by atoms with van der Waals surface area (Å²) in [5.41, 5.74) is 3.48. The van der Waals surface area contributed by atoms with Gasteiger partial charge in [-0.25, -0.2) is 4.79 Å². The van der Waals surface area contributed by atoms with Crippen LogP contribution in [0.3, 0.4) is 0 Å². The van der Waals surface area contributed by atoms with Crippen molar-refractivity contribution in [3.8, 4) is 0 Å². The van der Waals surface area contributed by atoms with E-state index in [0.29, 0.717) is 11.5 Å². The van der Waals surface area contributed by atoms with Crippen LogP contribution in [0.25, 0.3) is 10.9 Å². The Morgan fingerprint density at radius 2 is 1.90 bits per heavy atom. The molecule has 0 fully saturated rings. The maximum atomic E-state index is 11.7. The number of aromatic nitrogens is 1. The first kappa shape index (κ1) is 15.6. The Labute approximate surface area is 126 Å². The molecule has 2 aromatic rings. The van der Waals surface area contributed by atoms with Crippen LogP contribution in [0.4, 0.5) is 0 Å². The molecule has 0 aliphatic heterocycles. The van der Waals surface area contributed by atoms with Gasteiger partial charge in [0, 0.05) is 18.1 Å². The smallest absolute Gasteiger partial charge is 0.337 e. The number of rotatable bonds is 3. The van der Waals surface area contributed by atoms with Crippen LogP contribution in [-0.2, 0) is 12.0 Å². The highest BCUT2D eigenvalue weighted by Crippen LogP contribution is 2.34. The Hall–Kier alpha value is -1.77. The fourth-order valence-corrected chi connectivity index (χ4v) is 2.77. The van der Waals surface area contributed by atoms with Gasteiger partial charge in [-0.05, 0) is 41.5 Å². The molecule has 1 aromatic carbocycles. The summed E-state index contributed by atoms with van der Waals surface area (Å²) in [5, 5.41) is 10.7. The first-order valence-electron chi connectivity index (χ1n) is 7.57. The van der Waals surface area contributed by atoms with Crippen LogP contribution < -0.4 is 0 Å². The van der Waals surface area contributed by atoms with E-state index in [0.717, 1.165) is 23.0 Å². The van der Waals surface area contributed by atoms with Gasteiger partial charge in [0.1, 0.15) is 0 Å². The molecule has 0 amide bonds. The predicted molar refractivity (Wildman–Crippen MR) is 87.4 cm³/mol. The minimum Gasteiger partial charge on any atom is -0.478 e. The van der Waals surface area contributed by atoms with E-state index in [1.807, 2.05) is 13.0 Å². The fourth-order valence-electron chi connectivity index (χ4n) is 2.77. The molecule has 0 saturated heterocycles. The largest absolute Gasteiger partial charge is 0.478 e. The van der Waals surface area contributed by atoms with E-state index >= 15 is 0 Å². The third kappa shape index (κ3) is 2.69. The maximum Gasteiger partial charge on any atom is 0.337 e. The van der Waals surface area contributed by atoms with Gasteiger partial charge in [-0.15, -0.1) is 0 Å². The summed E-state index contributed by atoms with van der Waals surface area (Å²) >= 11 is 0. The Balaban J connectivity index is 2.93. The van der Waals surface area contributed by atoms with Crippen molar-refractivity contribution in [3.63, 3.8) is 0 Å². The average molecular weight is 287 g/mol. The lowest BCUT2D eigenvalue weighted by Crippen LogP contribution is -2.13. The van der Waals surface area contributed by atoms with Gasteiger partial charge in [-0.2, -0.15) is 0 Å². The van der Waals surface area contributed by atoms with Crippen LogP contribution in [0.1, 0.15) is 68.9 Å². The minimum atomic E-state index is -0.853. The zero-order valence-corrected chi connectivity index (χ0v) is 13.8. The molecule has 114 valence electrons. The van der Waals surface area contributed by atoms with Crippen molar-refractivity contribution in [2.45, 2.75) is 59.4 Å². The molecule has 1 aromatic heterocycles. The molecule has 0 bridgehead atoms. The Morgan fingerprint density at radius 3 is 2.33 bits per heavy atom.